The lowest BCUT2D eigenvalue weighted by atomic mass is 10.1. The smallest absolute Gasteiger partial charge is 0.273 e. The highest BCUT2D eigenvalue weighted by atomic mass is 16.5. The van der Waals surface area contributed by atoms with E-state index in [1.165, 1.54) is 0 Å². The monoisotopic (exact) mass is 461 g/mol. The van der Waals surface area contributed by atoms with Crippen LogP contribution in [0, 0.1) is 6.92 Å². The molecule has 0 aliphatic carbocycles. The zero-order chi connectivity index (χ0) is 24.3. The summed E-state index contributed by atoms with van der Waals surface area (Å²) in [7, 11) is 0. The van der Waals surface area contributed by atoms with Crippen molar-refractivity contribution in [2.75, 3.05) is 25.1 Å². The first kappa shape index (κ1) is 24.5. The summed E-state index contributed by atoms with van der Waals surface area (Å²) < 4.78 is 10.8. The van der Waals surface area contributed by atoms with E-state index in [0.29, 0.717) is 42.4 Å². The average Bonchev–Trinajstić information content (AvgIpc) is 2.85. The quantitative estimate of drug-likeness (QED) is 0.333. The first-order valence-corrected chi connectivity index (χ1v) is 10.9. The van der Waals surface area contributed by atoms with Crippen LogP contribution < -0.4 is 20.9 Å². The highest BCUT2D eigenvalue weighted by Crippen LogP contribution is 2.18. The highest BCUT2D eigenvalue weighted by Gasteiger charge is 2.14. The first-order chi connectivity index (χ1) is 16.5. The standard InChI is InChI=1S/C26H27N3O5/c1-3-33-15-16-34-23-10-5-4-9-22(23)26(32)29-28-25(31)19-11-13-21(14-12-19)27-24(30)20-8-6-7-18(2)17-20/h4-14,17H,3,15-16H2,1-2H3,(H,27,30)(H,28,31)(H,29,32). The summed E-state index contributed by atoms with van der Waals surface area (Å²) >= 11 is 0. The number of para-hydroxylation sites is 1. The number of hydrogen-bond acceptors (Lipinski definition) is 5. The van der Waals surface area contributed by atoms with Crippen LogP contribution in [0.1, 0.15) is 43.6 Å². The van der Waals surface area contributed by atoms with Gasteiger partial charge < -0.3 is 14.8 Å². The number of carbonyl (C=O) groups is 3. The summed E-state index contributed by atoms with van der Waals surface area (Å²) in [5.41, 5.74) is 7.46. The molecule has 0 aliphatic rings. The zero-order valence-corrected chi connectivity index (χ0v) is 19.1. The van der Waals surface area contributed by atoms with Gasteiger partial charge in [0, 0.05) is 23.4 Å². The molecular weight excluding hydrogens is 434 g/mol. The van der Waals surface area contributed by atoms with Gasteiger partial charge in [-0.05, 0) is 62.4 Å². The summed E-state index contributed by atoms with van der Waals surface area (Å²) in [6, 6.07) is 20.3. The Morgan fingerprint density at radius 2 is 1.50 bits per heavy atom. The van der Waals surface area contributed by atoms with Crippen molar-refractivity contribution in [3.63, 3.8) is 0 Å². The Balaban J connectivity index is 1.54. The van der Waals surface area contributed by atoms with Crippen LogP contribution in [0.4, 0.5) is 5.69 Å². The van der Waals surface area contributed by atoms with Gasteiger partial charge in [0.2, 0.25) is 0 Å². The van der Waals surface area contributed by atoms with Gasteiger partial charge in [0.25, 0.3) is 17.7 Å². The van der Waals surface area contributed by atoms with E-state index in [1.54, 1.807) is 60.7 Å². The molecule has 0 atom stereocenters. The molecule has 34 heavy (non-hydrogen) atoms. The molecule has 0 spiro atoms. The van der Waals surface area contributed by atoms with Gasteiger partial charge >= 0.3 is 0 Å². The molecule has 0 aromatic heterocycles. The third kappa shape index (κ3) is 6.91. The number of aryl methyl sites for hydroxylation is 1. The van der Waals surface area contributed by atoms with Crippen LogP contribution >= 0.6 is 0 Å². The number of amides is 3. The van der Waals surface area contributed by atoms with E-state index in [2.05, 4.69) is 16.2 Å². The summed E-state index contributed by atoms with van der Waals surface area (Å²) in [5.74, 6) is -0.861. The lowest BCUT2D eigenvalue weighted by Gasteiger charge is -2.12. The Bertz CT molecular complexity index is 1150. The number of benzene rings is 3. The van der Waals surface area contributed by atoms with Crippen molar-refractivity contribution in [1.82, 2.24) is 10.9 Å². The Kier molecular flexibility index (Phi) is 8.76. The summed E-state index contributed by atoms with van der Waals surface area (Å²) in [6.07, 6.45) is 0. The number of ether oxygens (including phenoxy) is 2. The predicted molar refractivity (Wildman–Crippen MR) is 129 cm³/mol. The lowest BCUT2D eigenvalue weighted by Crippen LogP contribution is -2.41. The fourth-order valence-corrected chi connectivity index (χ4v) is 3.08. The van der Waals surface area contributed by atoms with Gasteiger partial charge in [0.05, 0.1) is 12.2 Å². The molecular formula is C26H27N3O5. The first-order valence-electron chi connectivity index (χ1n) is 10.9. The van der Waals surface area contributed by atoms with Crippen LogP contribution in [-0.2, 0) is 4.74 Å². The minimum atomic E-state index is -0.512. The topological polar surface area (TPSA) is 106 Å². The lowest BCUT2D eigenvalue weighted by molar-refractivity contribution is 0.0840. The van der Waals surface area contributed by atoms with Crippen molar-refractivity contribution in [1.29, 1.82) is 0 Å². The number of nitrogens with one attached hydrogen (secondary N) is 3. The normalized spacial score (nSPS) is 10.3. The van der Waals surface area contributed by atoms with Crippen LogP contribution in [0.3, 0.4) is 0 Å². The van der Waals surface area contributed by atoms with Crippen molar-refractivity contribution in [3.05, 3.63) is 95.1 Å². The van der Waals surface area contributed by atoms with Gasteiger partial charge in [-0.2, -0.15) is 0 Å². The largest absolute Gasteiger partial charge is 0.490 e. The predicted octanol–water partition coefficient (Wildman–Crippen LogP) is 3.74. The Hall–Kier alpha value is -4.17. The molecule has 176 valence electrons. The molecule has 0 saturated heterocycles. The van der Waals surface area contributed by atoms with Gasteiger partial charge in [-0.25, -0.2) is 0 Å². The van der Waals surface area contributed by atoms with Crippen LogP contribution in [0.5, 0.6) is 5.75 Å². The van der Waals surface area contributed by atoms with E-state index in [1.807, 2.05) is 26.0 Å². The molecule has 3 rings (SSSR count). The number of rotatable bonds is 9. The zero-order valence-electron chi connectivity index (χ0n) is 19.1. The van der Waals surface area contributed by atoms with E-state index < -0.39 is 11.8 Å². The molecule has 3 aromatic carbocycles. The van der Waals surface area contributed by atoms with Crippen LogP contribution in [-0.4, -0.2) is 37.5 Å². The maximum Gasteiger partial charge on any atom is 0.273 e. The van der Waals surface area contributed by atoms with Crippen molar-refractivity contribution < 1.29 is 23.9 Å². The van der Waals surface area contributed by atoms with Crippen molar-refractivity contribution >= 4 is 23.4 Å². The van der Waals surface area contributed by atoms with E-state index in [9.17, 15) is 14.4 Å². The summed E-state index contributed by atoms with van der Waals surface area (Å²) in [5, 5.41) is 2.79. The molecule has 8 nitrogen and oxygen atoms in total. The Morgan fingerprint density at radius 1 is 0.765 bits per heavy atom. The van der Waals surface area contributed by atoms with Crippen LogP contribution in [0.15, 0.2) is 72.8 Å². The third-order valence-electron chi connectivity index (χ3n) is 4.80. The maximum atomic E-state index is 12.5. The number of carbonyl (C=O) groups excluding carboxylic acids is 3. The molecule has 3 N–H and O–H groups in total. The minimum absolute atomic E-state index is 0.240. The number of hydrogen-bond donors (Lipinski definition) is 3. The Labute approximate surface area is 198 Å². The molecule has 0 heterocycles. The van der Waals surface area contributed by atoms with E-state index >= 15 is 0 Å². The summed E-state index contributed by atoms with van der Waals surface area (Å²) in [4.78, 5) is 37.3. The van der Waals surface area contributed by atoms with Gasteiger partial charge in [-0.3, -0.25) is 25.2 Å². The van der Waals surface area contributed by atoms with E-state index in [4.69, 9.17) is 9.47 Å². The molecule has 0 bridgehead atoms. The maximum absolute atomic E-state index is 12.5. The fourth-order valence-electron chi connectivity index (χ4n) is 3.08. The van der Waals surface area contributed by atoms with Crippen LogP contribution in [0.2, 0.25) is 0 Å². The minimum Gasteiger partial charge on any atom is -0.490 e. The van der Waals surface area contributed by atoms with Gasteiger partial charge in [0.1, 0.15) is 12.4 Å². The van der Waals surface area contributed by atoms with Gasteiger partial charge in [0.15, 0.2) is 0 Å². The molecule has 0 saturated carbocycles. The molecule has 3 amide bonds. The molecule has 3 aromatic rings. The van der Waals surface area contributed by atoms with Crippen molar-refractivity contribution in [2.45, 2.75) is 13.8 Å². The second-order valence-corrected chi connectivity index (χ2v) is 7.35. The van der Waals surface area contributed by atoms with Gasteiger partial charge in [-0.1, -0.05) is 29.8 Å². The molecule has 0 radical (unpaired) electrons. The highest BCUT2D eigenvalue weighted by molar-refractivity contribution is 6.05. The van der Waals surface area contributed by atoms with E-state index in [-0.39, 0.29) is 11.5 Å². The number of anilines is 1. The van der Waals surface area contributed by atoms with Crippen LogP contribution in [0.25, 0.3) is 0 Å². The fraction of sp³-hybridized carbons (Fsp3) is 0.192. The average molecular weight is 462 g/mol. The number of hydrazine groups is 1. The SMILES string of the molecule is CCOCCOc1ccccc1C(=O)NNC(=O)c1ccc(NC(=O)c2cccc(C)c2)cc1. The van der Waals surface area contributed by atoms with Crippen molar-refractivity contribution in [3.8, 4) is 5.75 Å². The van der Waals surface area contributed by atoms with Crippen molar-refractivity contribution in [2.24, 2.45) is 0 Å². The third-order valence-corrected chi connectivity index (χ3v) is 4.80. The second kappa shape index (κ2) is 12.2. The molecule has 8 heteroatoms. The Morgan fingerprint density at radius 3 is 2.24 bits per heavy atom. The van der Waals surface area contributed by atoms with Gasteiger partial charge in [-0.15, -0.1) is 0 Å². The molecule has 0 unspecified atom stereocenters. The molecule has 0 fully saturated rings. The summed E-state index contributed by atoms with van der Waals surface area (Å²) in [6.45, 7) is 5.09. The molecule has 0 aliphatic heterocycles. The van der Waals surface area contributed by atoms with E-state index in [0.717, 1.165) is 5.56 Å². The second-order valence-electron chi connectivity index (χ2n) is 7.35.